The third kappa shape index (κ3) is 3.80. The first-order valence-electron chi connectivity index (χ1n) is 8.19. The van der Waals surface area contributed by atoms with Gasteiger partial charge in [-0.05, 0) is 11.1 Å². The van der Waals surface area contributed by atoms with Gasteiger partial charge in [0.1, 0.15) is 12.6 Å². The fourth-order valence-corrected chi connectivity index (χ4v) is 3.09. The van der Waals surface area contributed by atoms with Gasteiger partial charge in [-0.1, -0.05) is 67.6 Å². The maximum atomic E-state index is 11.4. The van der Waals surface area contributed by atoms with Crippen LogP contribution in [0.25, 0.3) is 0 Å². The van der Waals surface area contributed by atoms with Crippen molar-refractivity contribution >= 4 is 5.90 Å². The van der Waals surface area contributed by atoms with Crippen molar-refractivity contribution in [1.82, 2.24) is 0 Å². The average Bonchev–Trinajstić information content (AvgIpc) is 3.06. The minimum atomic E-state index is -0.945. The highest BCUT2D eigenvalue weighted by molar-refractivity contribution is 5.77. The highest BCUT2D eigenvalue weighted by atomic mass is 16.5. The van der Waals surface area contributed by atoms with Gasteiger partial charge in [-0.25, -0.2) is 4.99 Å². The van der Waals surface area contributed by atoms with Crippen LogP contribution in [0.3, 0.4) is 0 Å². The fourth-order valence-electron chi connectivity index (χ4n) is 3.09. The van der Waals surface area contributed by atoms with Gasteiger partial charge in [-0.15, -0.1) is 0 Å². The van der Waals surface area contributed by atoms with Crippen LogP contribution in [0, 0.1) is 0 Å². The molecular weight excluding hydrogens is 286 g/mol. The minimum absolute atomic E-state index is 0.224. The normalized spacial score (nSPS) is 17.7. The highest BCUT2D eigenvalue weighted by Crippen LogP contribution is 2.28. The fraction of sp³-hybridized carbons (Fsp3) is 0.350. The molecule has 0 amide bonds. The Kier molecular flexibility index (Phi) is 4.77. The molecule has 0 spiro atoms. The molecule has 1 heterocycles. The van der Waals surface area contributed by atoms with Crippen LogP contribution < -0.4 is 0 Å². The molecule has 0 aliphatic carbocycles. The number of rotatable bonds is 6. The van der Waals surface area contributed by atoms with E-state index in [0.717, 1.165) is 23.4 Å². The lowest BCUT2D eigenvalue weighted by atomic mass is 9.82. The van der Waals surface area contributed by atoms with E-state index in [1.54, 1.807) is 0 Å². The molecule has 1 N–H and O–H groups in total. The van der Waals surface area contributed by atoms with Crippen molar-refractivity contribution in [2.24, 2.45) is 4.99 Å². The van der Waals surface area contributed by atoms with Gasteiger partial charge >= 0.3 is 0 Å². The van der Waals surface area contributed by atoms with Gasteiger partial charge in [-0.2, -0.15) is 0 Å². The highest BCUT2D eigenvalue weighted by Gasteiger charge is 2.40. The van der Waals surface area contributed by atoms with Crippen LogP contribution in [0.15, 0.2) is 65.7 Å². The molecule has 2 aromatic carbocycles. The molecule has 23 heavy (non-hydrogen) atoms. The Bertz CT molecular complexity index is 610. The molecule has 1 aliphatic heterocycles. The van der Waals surface area contributed by atoms with Gasteiger partial charge in [0.2, 0.25) is 0 Å². The van der Waals surface area contributed by atoms with Gasteiger partial charge in [0.15, 0.2) is 5.90 Å². The number of hydrogen-bond acceptors (Lipinski definition) is 3. The molecule has 0 aromatic heterocycles. The quantitative estimate of drug-likeness (QED) is 0.888. The summed E-state index contributed by atoms with van der Waals surface area (Å²) in [5.74, 6) is 0.745. The van der Waals surface area contributed by atoms with Crippen LogP contribution in [0.4, 0.5) is 0 Å². The Balaban J connectivity index is 1.87. The molecule has 0 saturated carbocycles. The predicted octanol–water partition coefficient (Wildman–Crippen LogP) is 3.41. The summed E-state index contributed by atoms with van der Waals surface area (Å²) in [6.45, 7) is 2.48. The van der Waals surface area contributed by atoms with Crippen molar-refractivity contribution < 1.29 is 9.84 Å². The Morgan fingerprint density at radius 2 is 1.52 bits per heavy atom. The van der Waals surface area contributed by atoms with Gasteiger partial charge in [0.05, 0.1) is 5.60 Å². The zero-order valence-electron chi connectivity index (χ0n) is 13.5. The lowest BCUT2D eigenvalue weighted by Crippen LogP contribution is -2.46. The van der Waals surface area contributed by atoms with E-state index in [1.807, 2.05) is 43.3 Å². The zero-order chi connectivity index (χ0) is 16.1. The van der Waals surface area contributed by atoms with Gasteiger partial charge in [0.25, 0.3) is 0 Å². The third-order valence-electron chi connectivity index (χ3n) is 4.34. The molecule has 1 atom stereocenters. The number of hydrogen-bond donors (Lipinski definition) is 1. The summed E-state index contributed by atoms with van der Waals surface area (Å²) in [6, 6.07) is 20.0. The molecule has 3 nitrogen and oxygen atoms in total. The third-order valence-corrected chi connectivity index (χ3v) is 4.34. The van der Waals surface area contributed by atoms with Crippen LogP contribution in [0.5, 0.6) is 0 Å². The lowest BCUT2D eigenvalue weighted by molar-refractivity contribution is 0.00799. The van der Waals surface area contributed by atoms with Crippen molar-refractivity contribution in [3.05, 3.63) is 71.8 Å². The maximum Gasteiger partial charge on any atom is 0.183 e. The van der Waals surface area contributed by atoms with Crippen molar-refractivity contribution in [3.8, 4) is 0 Å². The van der Waals surface area contributed by atoms with E-state index in [1.165, 1.54) is 0 Å². The van der Waals surface area contributed by atoms with Crippen LogP contribution >= 0.6 is 0 Å². The minimum Gasteiger partial charge on any atom is -0.479 e. The molecule has 120 valence electrons. The lowest BCUT2D eigenvalue weighted by Gasteiger charge is -2.32. The number of aliphatic hydroxyl groups is 1. The van der Waals surface area contributed by atoms with Crippen LogP contribution in [0.1, 0.15) is 24.5 Å². The van der Waals surface area contributed by atoms with Crippen LogP contribution in [-0.2, 0) is 17.6 Å². The Morgan fingerprint density at radius 3 is 1.96 bits per heavy atom. The number of nitrogens with zero attached hydrogens (tertiary/aromatic N) is 1. The Hall–Kier alpha value is -2.13. The number of aliphatic imine (C=N–C) groups is 1. The van der Waals surface area contributed by atoms with E-state index in [-0.39, 0.29) is 6.04 Å². The molecule has 1 aliphatic rings. The summed E-state index contributed by atoms with van der Waals surface area (Å²) >= 11 is 0. The molecule has 0 bridgehead atoms. The van der Waals surface area contributed by atoms with Crippen LogP contribution in [-0.4, -0.2) is 29.3 Å². The summed E-state index contributed by atoms with van der Waals surface area (Å²) in [6.07, 6.45) is 1.90. The molecule has 3 rings (SSSR count). The van der Waals surface area contributed by atoms with E-state index >= 15 is 0 Å². The standard InChI is InChI=1S/C20H23NO2/c1-2-19-21-18(15-23-19)20(22,13-16-9-5-3-6-10-16)14-17-11-7-4-8-12-17/h3-12,18,22H,2,13-15H2,1H3. The van der Waals surface area contributed by atoms with E-state index in [0.29, 0.717) is 19.4 Å². The summed E-state index contributed by atoms with van der Waals surface area (Å²) in [7, 11) is 0. The topological polar surface area (TPSA) is 41.8 Å². The van der Waals surface area contributed by atoms with Crippen molar-refractivity contribution in [2.45, 2.75) is 37.8 Å². The van der Waals surface area contributed by atoms with Crippen LogP contribution in [0.2, 0.25) is 0 Å². The monoisotopic (exact) mass is 309 g/mol. The maximum absolute atomic E-state index is 11.4. The molecule has 0 saturated heterocycles. The zero-order valence-corrected chi connectivity index (χ0v) is 13.5. The second kappa shape index (κ2) is 6.97. The van der Waals surface area contributed by atoms with Crippen molar-refractivity contribution in [1.29, 1.82) is 0 Å². The van der Waals surface area contributed by atoms with E-state index < -0.39 is 5.60 Å². The summed E-state index contributed by atoms with van der Waals surface area (Å²) < 4.78 is 5.63. The van der Waals surface area contributed by atoms with E-state index in [9.17, 15) is 5.11 Å². The summed E-state index contributed by atoms with van der Waals surface area (Å²) in [5.41, 5.74) is 1.29. The number of ether oxygens (including phenoxy) is 1. The van der Waals surface area contributed by atoms with Crippen molar-refractivity contribution in [2.75, 3.05) is 6.61 Å². The smallest absolute Gasteiger partial charge is 0.183 e. The number of benzene rings is 2. The molecule has 3 heteroatoms. The molecule has 0 radical (unpaired) electrons. The van der Waals surface area contributed by atoms with E-state index in [4.69, 9.17) is 4.74 Å². The molecule has 0 fully saturated rings. The second-order valence-corrected chi connectivity index (χ2v) is 6.13. The largest absolute Gasteiger partial charge is 0.479 e. The molecule has 1 unspecified atom stereocenters. The second-order valence-electron chi connectivity index (χ2n) is 6.13. The van der Waals surface area contributed by atoms with Gasteiger partial charge in [-0.3, -0.25) is 0 Å². The Morgan fingerprint density at radius 1 is 1.00 bits per heavy atom. The van der Waals surface area contributed by atoms with E-state index in [2.05, 4.69) is 29.3 Å². The van der Waals surface area contributed by atoms with Crippen molar-refractivity contribution in [3.63, 3.8) is 0 Å². The predicted molar refractivity (Wildman–Crippen MR) is 92.7 cm³/mol. The molecular formula is C20H23NO2. The SMILES string of the molecule is CCC1=NC(C(O)(Cc2ccccc2)Cc2ccccc2)CO1. The first kappa shape index (κ1) is 15.8. The first-order chi connectivity index (χ1) is 11.2. The Labute approximate surface area is 137 Å². The molecule has 2 aromatic rings. The first-order valence-corrected chi connectivity index (χ1v) is 8.19. The summed E-state index contributed by atoms with van der Waals surface area (Å²) in [5, 5.41) is 11.4. The summed E-state index contributed by atoms with van der Waals surface area (Å²) in [4.78, 5) is 4.62. The average molecular weight is 309 g/mol. The van der Waals surface area contributed by atoms with Gasteiger partial charge < -0.3 is 9.84 Å². The van der Waals surface area contributed by atoms with Gasteiger partial charge in [0, 0.05) is 19.3 Å².